The molecule has 0 amide bonds. The zero-order valence-electron chi connectivity index (χ0n) is 16.7. The van der Waals surface area contributed by atoms with Crippen LogP contribution >= 0.6 is 24.0 Å². The molecule has 6 nitrogen and oxygen atoms in total. The summed E-state index contributed by atoms with van der Waals surface area (Å²) in [4.78, 5) is 9.53. The first-order valence-electron chi connectivity index (χ1n) is 9.75. The van der Waals surface area contributed by atoms with Gasteiger partial charge in [-0.05, 0) is 50.8 Å². The summed E-state index contributed by atoms with van der Waals surface area (Å²) in [6, 6.07) is 0.556. The first-order valence-corrected chi connectivity index (χ1v) is 9.75. The first-order chi connectivity index (χ1) is 12.1. The minimum Gasteiger partial charge on any atom is -0.355 e. The zero-order valence-corrected chi connectivity index (χ0v) is 19.0. The molecule has 2 saturated heterocycles. The van der Waals surface area contributed by atoms with Crippen LogP contribution in [-0.2, 0) is 7.05 Å². The Morgan fingerprint density at radius 1 is 1.31 bits per heavy atom. The fourth-order valence-corrected chi connectivity index (χ4v) is 4.05. The summed E-state index contributed by atoms with van der Waals surface area (Å²) in [6.45, 7) is 10.2. The Labute approximate surface area is 175 Å². The van der Waals surface area contributed by atoms with Gasteiger partial charge >= 0.3 is 0 Å². The van der Waals surface area contributed by atoms with E-state index in [2.05, 4.69) is 45.3 Å². The van der Waals surface area contributed by atoms with Crippen molar-refractivity contribution in [2.24, 2.45) is 18.0 Å². The molecular weight excluding hydrogens is 439 g/mol. The standard InChI is InChI=1S/C19H34N6.HI/c1-15-5-8-24(9-6-15)16(2)11-21-19(20-3)25-10-7-17(14-25)18-12-22-23(4)13-18;/h12-13,15-17H,5-11,14H2,1-4H3,(H,20,21);1H. The van der Waals surface area contributed by atoms with Crippen molar-refractivity contribution in [3.63, 3.8) is 0 Å². The number of aryl methyl sites for hydroxylation is 1. The van der Waals surface area contributed by atoms with E-state index in [1.807, 2.05) is 25.0 Å². The van der Waals surface area contributed by atoms with Gasteiger partial charge < -0.3 is 10.2 Å². The third-order valence-corrected chi connectivity index (χ3v) is 5.89. The van der Waals surface area contributed by atoms with Crippen LogP contribution in [0.4, 0.5) is 0 Å². The molecule has 2 aliphatic rings. The Morgan fingerprint density at radius 3 is 2.65 bits per heavy atom. The second kappa shape index (κ2) is 9.92. The van der Waals surface area contributed by atoms with Crippen LogP contribution in [0.15, 0.2) is 17.4 Å². The van der Waals surface area contributed by atoms with Crippen LogP contribution in [-0.4, -0.2) is 71.4 Å². The minimum absolute atomic E-state index is 0. The highest BCUT2D eigenvalue weighted by Gasteiger charge is 2.27. The quantitative estimate of drug-likeness (QED) is 0.414. The topological polar surface area (TPSA) is 48.7 Å². The number of aliphatic imine (C=N–C) groups is 1. The average Bonchev–Trinajstić information content (AvgIpc) is 3.25. The van der Waals surface area contributed by atoms with Gasteiger partial charge in [-0.15, -0.1) is 24.0 Å². The molecule has 0 spiro atoms. The first kappa shape index (κ1) is 21.5. The zero-order chi connectivity index (χ0) is 17.8. The third-order valence-electron chi connectivity index (χ3n) is 5.89. The van der Waals surface area contributed by atoms with Gasteiger partial charge in [0.05, 0.1) is 6.20 Å². The Bertz CT molecular complexity index is 578. The van der Waals surface area contributed by atoms with Crippen molar-refractivity contribution in [2.45, 2.75) is 45.1 Å². The molecule has 0 radical (unpaired) electrons. The number of hydrogen-bond donors (Lipinski definition) is 1. The van der Waals surface area contributed by atoms with Gasteiger partial charge in [-0.3, -0.25) is 14.6 Å². The van der Waals surface area contributed by atoms with E-state index in [0.717, 1.165) is 31.5 Å². The van der Waals surface area contributed by atoms with Gasteiger partial charge in [-0.1, -0.05) is 6.92 Å². The second-order valence-electron chi connectivity index (χ2n) is 7.87. The second-order valence-corrected chi connectivity index (χ2v) is 7.87. The number of rotatable bonds is 4. The van der Waals surface area contributed by atoms with Crippen LogP contribution in [0.1, 0.15) is 44.6 Å². The molecule has 2 unspecified atom stereocenters. The predicted molar refractivity (Wildman–Crippen MR) is 118 cm³/mol. The van der Waals surface area contributed by atoms with Crippen LogP contribution in [0.25, 0.3) is 0 Å². The van der Waals surface area contributed by atoms with Gasteiger partial charge in [0.1, 0.15) is 0 Å². The molecule has 2 fully saturated rings. The van der Waals surface area contributed by atoms with Gasteiger partial charge in [0.15, 0.2) is 5.96 Å². The summed E-state index contributed by atoms with van der Waals surface area (Å²) in [7, 11) is 3.88. The molecule has 148 valence electrons. The SMILES string of the molecule is CN=C(NCC(C)N1CCC(C)CC1)N1CCC(c2cnn(C)c2)C1.I. The maximum atomic E-state index is 4.52. The van der Waals surface area contributed by atoms with Crippen molar-refractivity contribution in [3.05, 3.63) is 18.0 Å². The molecule has 3 heterocycles. The fourth-order valence-electron chi connectivity index (χ4n) is 4.05. The normalized spacial score (nSPS) is 23.8. The Balaban J connectivity index is 0.00000243. The molecule has 1 aromatic rings. The van der Waals surface area contributed by atoms with E-state index in [-0.39, 0.29) is 24.0 Å². The van der Waals surface area contributed by atoms with Gasteiger partial charge in [0.25, 0.3) is 0 Å². The largest absolute Gasteiger partial charge is 0.355 e. The van der Waals surface area contributed by atoms with E-state index in [4.69, 9.17) is 0 Å². The highest BCUT2D eigenvalue weighted by atomic mass is 127. The molecule has 1 aromatic heterocycles. The lowest BCUT2D eigenvalue weighted by atomic mass is 9.98. The molecule has 2 aliphatic heterocycles. The molecule has 0 bridgehead atoms. The summed E-state index contributed by atoms with van der Waals surface area (Å²) in [5.74, 6) is 2.50. The summed E-state index contributed by atoms with van der Waals surface area (Å²) in [5, 5.41) is 7.92. The number of hydrogen-bond acceptors (Lipinski definition) is 3. The Kier molecular flexibility index (Phi) is 8.19. The number of guanidine groups is 1. The van der Waals surface area contributed by atoms with Crippen molar-refractivity contribution >= 4 is 29.9 Å². The van der Waals surface area contributed by atoms with Crippen molar-refractivity contribution in [1.82, 2.24) is 24.9 Å². The number of likely N-dealkylation sites (tertiary alicyclic amines) is 2. The van der Waals surface area contributed by atoms with E-state index in [1.54, 1.807) is 0 Å². The number of aromatic nitrogens is 2. The van der Waals surface area contributed by atoms with Crippen LogP contribution < -0.4 is 5.32 Å². The Morgan fingerprint density at radius 2 is 2.04 bits per heavy atom. The number of nitrogens with zero attached hydrogens (tertiary/aromatic N) is 5. The fraction of sp³-hybridized carbons (Fsp3) is 0.789. The summed E-state index contributed by atoms with van der Waals surface area (Å²) < 4.78 is 1.90. The molecule has 0 aromatic carbocycles. The molecule has 26 heavy (non-hydrogen) atoms. The van der Waals surface area contributed by atoms with Crippen LogP contribution in [0, 0.1) is 5.92 Å². The highest BCUT2D eigenvalue weighted by molar-refractivity contribution is 14.0. The van der Waals surface area contributed by atoms with Crippen LogP contribution in [0.3, 0.4) is 0 Å². The summed E-state index contributed by atoms with van der Waals surface area (Å²) >= 11 is 0. The average molecular weight is 474 g/mol. The lowest BCUT2D eigenvalue weighted by Gasteiger charge is -2.35. The lowest BCUT2D eigenvalue weighted by Crippen LogP contribution is -2.48. The maximum absolute atomic E-state index is 4.52. The maximum Gasteiger partial charge on any atom is 0.193 e. The van der Waals surface area contributed by atoms with Crippen molar-refractivity contribution in [2.75, 3.05) is 39.8 Å². The van der Waals surface area contributed by atoms with Gasteiger partial charge in [-0.2, -0.15) is 5.10 Å². The lowest BCUT2D eigenvalue weighted by molar-refractivity contribution is 0.147. The number of halogens is 1. The van der Waals surface area contributed by atoms with E-state index in [1.165, 1.54) is 37.9 Å². The molecule has 1 N–H and O–H groups in total. The molecular formula is C19H35IN6. The van der Waals surface area contributed by atoms with Crippen molar-refractivity contribution in [1.29, 1.82) is 0 Å². The molecule has 0 saturated carbocycles. The van der Waals surface area contributed by atoms with E-state index < -0.39 is 0 Å². The smallest absolute Gasteiger partial charge is 0.193 e. The van der Waals surface area contributed by atoms with E-state index >= 15 is 0 Å². The monoisotopic (exact) mass is 474 g/mol. The third kappa shape index (κ3) is 5.34. The van der Waals surface area contributed by atoms with E-state index in [9.17, 15) is 0 Å². The van der Waals surface area contributed by atoms with Gasteiger partial charge in [0, 0.05) is 51.9 Å². The summed E-state index contributed by atoms with van der Waals surface area (Å²) in [6.07, 6.45) is 7.98. The number of nitrogens with one attached hydrogen (secondary N) is 1. The number of piperidine rings is 1. The molecule has 2 atom stereocenters. The van der Waals surface area contributed by atoms with Crippen LogP contribution in [0.5, 0.6) is 0 Å². The predicted octanol–water partition coefficient (Wildman–Crippen LogP) is 2.52. The minimum atomic E-state index is 0. The Hall–Kier alpha value is -0.830. The molecule has 7 heteroatoms. The highest BCUT2D eigenvalue weighted by Crippen LogP contribution is 2.26. The molecule has 0 aliphatic carbocycles. The van der Waals surface area contributed by atoms with Gasteiger partial charge in [0.2, 0.25) is 0 Å². The van der Waals surface area contributed by atoms with Crippen molar-refractivity contribution < 1.29 is 0 Å². The van der Waals surface area contributed by atoms with Crippen molar-refractivity contribution in [3.8, 4) is 0 Å². The summed E-state index contributed by atoms with van der Waals surface area (Å²) in [5.41, 5.74) is 1.34. The van der Waals surface area contributed by atoms with Crippen LogP contribution in [0.2, 0.25) is 0 Å². The molecule has 3 rings (SSSR count). The van der Waals surface area contributed by atoms with E-state index in [0.29, 0.717) is 12.0 Å². The van der Waals surface area contributed by atoms with Gasteiger partial charge in [-0.25, -0.2) is 0 Å².